The van der Waals surface area contributed by atoms with Crippen LogP contribution in [0.15, 0.2) is 53.9 Å². The Morgan fingerprint density at radius 3 is 2.53 bits per heavy atom. The second kappa shape index (κ2) is 9.17. The molecule has 1 N–H and O–H groups in total. The van der Waals surface area contributed by atoms with Crippen molar-refractivity contribution in [3.05, 3.63) is 82.2 Å². The number of nitrogens with one attached hydrogen (secondary N) is 1. The summed E-state index contributed by atoms with van der Waals surface area (Å²) in [6, 6.07) is 2.30. The van der Waals surface area contributed by atoms with Crippen molar-refractivity contribution >= 4 is 16.8 Å². The number of amides is 1. The van der Waals surface area contributed by atoms with Crippen LogP contribution in [0.4, 0.5) is 8.78 Å². The highest BCUT2D eigenvalue weighted by atomic mass is 19.2. The third-order valence-electron chi connectivity index (χ3n) is 5.50. The topological polar surface area (TPSA) is 56.4 Å². The summed E-state index contributed by atoms with van der Waals surface area (Å²) in [7, 11) is 0. The van der Waals surface area contributed by atoms with E-state index in [1.54, 1.807) is 24.0 Å². The fraction of sp³-hybridized carbons (Fsp3) is 0.304. The van der Waals surface area contributed by atoms with E-state index in [1.807, 2.05) is 6.08 Å². The van der Waals surface area contributed by atoms with Crippen LogP contribution in [-0.4, -0.2) is 53.4 Å². The SMILES string of the molecule is C=C/C=C(\C=C)CN1CCN(C(=O)Cc2c(C)c3c(F)c(F)ccc3[nH]c2=O)CC1. The van der Waals surface area contributed by atoms with Gasteiger partial charge in [-0.05, 0) is 30.2 Å². The highest BCUT2D eigenvalue weighted by molar-refractivity contribution is 5.86. The Hall–Kier alpha value is -3.06. The molecule has 2 heterocycles. The summed E-state index contributed by atoms with van der Waals surface area (Å²) >= 11 is 0. The molecule has 5 nitrogen and oxygen atoms in total. The Morgan fingerprint density at radius 2 is 1.90 bits per heavy atom. The molecule has 158 valence electrons. The fourth-order valence-electron chi connectivity index (χ4n) is 3.77. The van der Waals surface area contributed by atoms with Crippen LogP contribution in [0.5, 0.6) is 0 Å². The summed E-state index contributed by atoms with van der Waals surface area (Å²) in [5.74, 6) is -2.21. The molecule has 0 unspecified atom stereocenters. The molecule has 0 radical (unpaired) electrons. The Morgan fingerprint density at radius 1 is 1.20 bits per heavy atom. The van der Waals surface area contributed by atoms with Gasteiger partial charge in [-0.1, -0.05) is 31.4 Å². The largest absolute Gasteiger partial charge is 0.340 e. The van der Waals surface area contributed by atoms with Gasteiger partial charge in [-0.25, -0.2) is 8.78 Å². The molecule has 1 aliphatic heterocycles. The van der Waals surface area contributed by atoms with E-state index in [1.165, 1.54) is 6.07 Å². The zero-order chi connectivity index (χ0) is 21.8. The summed E-state index contributed by atoms with van der Waals surface area (Å²) in [5, 5.41) is 0.00757. The molecule has 0 aliphatic carbocycles. The second-order valence-corrected chi connectivity index (χ2v) is 7.36. The molecule has 0 bridgehead atoms. The second-order valence-electron chi connectivity index (χ2n) is 7.36. The van der Waals surface area contributed by atoms with E-state index in [2.05, 4.69) is 23.0 Å². The number of carbonyl (C=O) groups excluding carboxylic acids is 1. The van der Waals surface area contributed by atoms with Gasteiger partial charge in [0.25, 0.3) is 5.56 Å². The predicted molar refractivity (Wildman–Crippen MR) is 114 cm³/mol. The molecule has 2 aromatic rings. The molecule has 0 spiro atoms. The van der Waals surface area contributed by atoms with Gasteiger partial charge in [-0.3, -0.25) is 14.5 Å². The summed E-state index contributed by atoms with van der Waals surface area (Å²) in [6.07, 6.45) is 5.26. The van der Waals surface area contributed by atoms with Gasteiger partial charge in [0.15, 0.2) is 11.6 Å². The number of carbonyl (C=O) groups is 1. The average molecular weight is 413 g/mol. The number of H-pyrrole nitrogens is 1. The van der Waals surface area contributed by atoms with Gasteiger partial charge in [-0.15, -0.1) is 0 Å². The number of rotatable bonds is 6. The Kier molecular flexibility index (Phi) is 6.62. The summed E-state index contributed by atoms with van der Waals surface area (Å²) in [6.45, 7) is 12.2. The van der Waals surface area contributed by atoms with Crippen molar-refractivity contribution in [2.45, 2.75) is 13.3 Å². The van der Waals surface area contributed by atoms with Crippen molar-refractivity contribution in [2.24, 2.45) is 0 Å². The van der Waals surface area contributed by atoms with Crippen molar-refractivity contribution in [1.82, 2.24) is 14.8 Å². The molecule has 1 aromatic carbocycles. The molecule has 3 rings (SSSR count). The molecule has 0 atom stereocenters. The first kappa shape index (κ1) is 21.6. The monoisotopic (exact) mass is 413 g/mol. The molecular formula is C23H25F2N3O2. The molecule has 1 fully saturated rings. The van der Waals surface area contributed by atoms with E-state index in [-0.39, 0.29) is 28.8 Å². The molecule has 1 aliphatic rings. The fourth-order valence-corrected chi connectivity index (χ4v) is 3.77. The number of benzene rings is 1. The number of aromatic amines is 1. The molecule has 30 heavy (non-hydrogen) atoms. The highest BCUT2D eigenvalue weighted by Crippen LogP contribution is 2.23. The van der Waals surface area contributed by atoms with E-state index in [9.17, 15) is 18.4 Å². The van der Waals surface area contributed by atoms with Crippen LogP contribution in [0, 0.1) is 18.6 Å². The van der Waals surface area contributed by atoms with Crippen LogP contribution in [0.3, 0.4) is 0 Å². The van der Waals surface area contributed by atoms with Gasteiger partial charge >= 0.3 is 0 Å². The van der Waals surface area contributed by atoms with Crippen LogP contribution in [0.25, 0.3) is 10.9 Å². The average Bonchev–Trinajstić information content (AvgIpc) is 2.73. The van der Waals surface area contributed by atoms with Gasteiger partial charge in [0.2, 0.25) is 5.91 Å². The maximum Gasteiger partial charge on any atom is 0.252 e. The van der Waals surface area contributed by atoms with Crippen molar-refractivity contribution in [2.75, 3.05) is 32.7 Å². The molecule has 7 heteroatoms. The normalized spacial score (nSPS) is 15.4. The zero-order valence-electron chi connectivity index (χ0n) is 17.0. The smallest absolute Gasteiger partial charge is 0.252 e. The number of aryl methyl sites for hydroxylation is 1. The number of hydrogen-bond acceptors (Lipinski definition) is 3. The van der Waals surface area contributed by atoms with E-state index >= 15 is 0 Å². The van der Waals surface area contributed by atoms with Gasteiger partial charge < -0.3 is 9.88 Å². The van der Waals surface area contributed by atoms with E-state index in [0.29, 0.717) is 31.7 Å². The summed E-state index contributed by atoms with van der Waals surface area (Å²) in [5.41, 5.74) is 1.28. The first-order chi connectivity index (χ1) is 14.3. The van der Waals surface area contributed by atoms with E-state index in [0.717, 1.165) is 18.2 Å². The van der Waals surface area contributed by atoms with Crippen molar-refractivity contribution in [3.63, 3.8) is 0 Å². The molecular weight excluding hydrogens is 388 g/mol. The van der Waals surface area contributed by atoms with Gasteiger partial charge in [0, 0.05) is 43.7 Å². The maximum atomic E-state index is 14.3. The number of aromatic nitrogens is 1. The van der Waals surface area contributed by atoms with E-state index < -0.39 is 17.2 Å². The number of pyridine rings is 1. The molecule has 1 amide bonds. The lowest BCUT2D eigenvalue weighted by Crippen LogP contribution is -2.49. The molecule has 0 saturated carbocycles. The predicted octanol–water partition coefficient (Wildman–Crippen LogP) is 3.10. The van der Waals surface area contributed by atoms with Crippen LogP contribution >= 0.6 is 0 Å². The minimum absolute atomic E-state index is 0.00757. The van der Waals surface area contributed by atoms with Crippen LogP contribution in [0.1, 0.15) is 11.1 Å². The van der Waals surface area contributed by atoms with Crippen molar-refractivity contribution in [3.8, 4) is 0 Å². The third kappa shape index (κ3) is 4.41. The van der Waals surface area contributed by atoms with Crippen LogP contribution in [0.2, 0.25) is 0 Å². The molecule has 1 aromatic heterocycles. The zero-order valence-corrected chi connectivity index (χ0v) is 17.0. The van der Waals surface area contributed by atoms with Gasteiger partial charge in [0.1, 0.15) is 0 Å². The summed E-state index contributed by atoms with van der Waals surface area (Å²) < 4.78 is 27.9. The quantitative estimate of drug-likeness (QED) is 0.741. The number of nitrogens with zero attached hydrogens (tertiary/aromatic N) is 2. The Labute approximate surface area is 174 Å². The highest BCUT2D eigenvalue weighted by Gasteiger charge is 2.24. The minimum atomic E-state index is -1.02. The van der Waals surface area contributed by atoms with Gasteiger partial charge in [0.05, 0.1) is 11.9 Å². The van der Waals surface area contributed by atoms with Gasteiger partial charge in [-0.2, -0.15) is 0 Å². The maximum absolute atomic E-state index is 14.3. The first-order valence-electron chi connectivity index (χ1n) is 9.79. The lowest BCUT2D eigenvalue weighted by atomic mass is 10.0. The first-order valence-corrected chi connectivity index (χ1v) is 9.79. The standard InChI is InChI=1S/C23H25F2N3O2/c1-4-6-16(5-2)14-27-9-11-28(12-10-27)20(29)13-17-15(3)21-19(26-23(17)30)8-7-18(24)22(21)25/h4-8H,1-2,9-14H2,3H3,(H,26,30)/b16-6+. The Balaban J connectivity index is 1.73. The van der Waals surface area contributed by atoms with Crippen molar-refractivity contribution in [1.29, 1.82) is 0 Å². The number of hydrogen-bond donors (Lipinski definition) is 1. The van der Waals surface area contributed by atoms with Crippen LogP contribution < -0.4 is 5.56 Å². The lowest BCUT2D eigenvalue weighted by Gasteiger charge is -2.35. The Bertz CT molecular complexity index is 1080. The number of halogens is 2. The van der Waals surface area contributed by atoms with Crippen molar-refractivity contribution < 1.29 is 13.6 Å². The lowest BCUT2D eigenvalue weighted by molar-refractivity contribution is -0.132. The number of allylic oxidation sites excluding steroid dienone is 2. The van der Waals surface area contributed by atoms with Crippen LogP contribution in [-0.2, 0) is 11.2 Å². The minimum Gasteiger partial charge on any atom is -0.340 e. The number of fused-ring (bicyclic) bond motifs is 1. The number of piperazine rings is 1. The molecule has 1 saturated heterocycles. The summed E-state index contributed by atoms with van der Waals surface area (Å²) in [4.78, 5) is 31.7. The third-order valence-corrected chi connectivity index (χ3v) is 5.50. The van der Waals surface area contributed by atoms with E-state index in [4.69, 9.17) is 0 Å².